The Kier molecular flexibility index (Phi) is 3.52. The zero-order valence-corrected chi connectivity index (χ0v) is 12.0. The Morgan fingerprint density at radius 2 is 1.95 bits per heavy atom. The van der Waals surface area contributed by atoms with Crippen LogP contribution in [0.5, 0.6) is 17.2 Å². The second kappa shape index (κ2) is 5.48. The van der Waals surface area contributed by atoms with Crippen molar-refractivity contribution in [2.75, 3.05) is 14.2 Å². The molecule has 0 radical (unpaired) electrons. The summed E-state index contributed by atoms with van der Waals surface area (Å²) in [7, 11) is 3.11. The van der Waals surface area contributed by atoms with Crippen molar-refractivity contribution in [1.82, 2.24) is 0 Å². The van der Waals surface area contributed by atoms with Crippen molar-refractivity contribution in [3.05, 3.63) is 53.6 Å². The number of methoxy groups -OCH3 is 2. The largest absolute Gasteiger partial charge is 0.497 e. The SMILES string of the molecule is COc1ccc(OC)c(C(=O)C2Cc3ccccc3O2)c1. The number of hydrogen-bond donors (Lipinski definition) is 0. The van der Waals surface area contributed by atoms with E-state index in [9.17, 15) is 4.79 Å². The highest BCUT2D eigenvalue weighted by atomic mass is 16.5. The van der Waals surface area contributed by atoms with Gasteiger partial charge >= 0.3 is 0 Å². The first kappa shape index (κ1) is 13.5. The summed E-state index contributed by atoms with van der Waals surface area (Å²) in [5.74, 6) is 1.83. The first-order chi connectivity index (χ1) is 10.2. The predicted octanol–water partition coefficient (Wildman–Crippen LogP) is 2.89. The van der Waals surface area contributed by atoms with Crippen LogP contribution in [0.1, 0.15) is 15.9 Å². The predicted molar refractivity (Wildman–Crippen MR) is 78.4 cm³/mol. The number of ketones is 1. The molecular formula is C17H16O4. The summed E-state index contributed by atoms with van der Waals surface area (Å²) in [6, 6.07) is 12.9. The van der Waals surface area contributed by atoms with Crippen LogP contribution >= 0.6 is 0 Å². The maximum Gasteiger partial charge on any atom is 0.207 e. The van der Waals surface area contributed by atoms with Gasteiger partial charge in [0.1, 0.15) is 17.2 Å². The van der Waals surface area contributed by atoms with Crippen molar-refractivity contribution < 1.29 is 19.0 Å². The van der Waals surface area contributed by atoms with Crippen LogP contribution in [0.25, 0.3) is 0 Å². The van der Waals surface area contributed by atoms with Gasteiger partial charge < -0.3 is 14.2 Å². The van der Waals surface area contributed by atoms with Crippen LogP contribution in [0.2, 0.25) is 0 Å². The highest BCUT2D eigenvalue weighted by molar-refractivity contribution is 6.03. The molecule has 3 rings (SSSR count). The number of hydrogen-bond acceptors (Lipinski definition) is 4. The number of Topliss-reactive ketones (excluding diaryl/α,β-unsaturated/α-hetero) is 1. The fraction of sp³-hybridized carbons (Fsp3) is 0.235. The van der Waals surface area contributed by atoms with Crippen LogP contribution in [0.3, 0.4) is 0 Å². The number of ether oxygens (including phenoxy) is 3. The van der Waals surface area contributed by atoms with E-state index in [2.05, 4.69) is 0 Å². The minimum atomic E-state index is -0.511. The molecule has 0 fully saturated rings. The molecule has 1 atom stereocenters. The minimum absolute atomic E-state index is 0.0954. The van der Waals surface area contributed by atoms with Gasteiger partial charge in [-0.3, -0.25) is 4.79 Å². The monoisotopic (exact) mass is 284 g/mol. The standard InChI is InChI=1S/C17H16O4/c1-19-12-7-8-15(20-2)13(10-12)17(18)16-9-11-5-3-4-6-14(11)21-16/h3-8,10,16H,9H2,1-2H3. The topological polar surface area (TPSA) is 44.8 Å². The van der Waals surface area contributed by atoms with Gasteiger partial charge in [0, 0.05) is 6.42 Å². The number of fused-ring (bicyclic) bond motifs is 1. The van der Waals surface area contributed by atoms with E-state index in [0.717, 1.165) is 11.3 Å². The van der Waals surface area contributed by atoms with E-state index in [-0.39, 0.29) is 5.78 Å². The lowest BCUT2D eigenvalue weighted by atomic mass is 10.0. The van der Waals surface area contributed by atoms with Crippen molar-refractivity contribution in [1.29, 1.82) is 0 Å². The van der Waals surface area contributed by atoms with Gasteiger partial charge in [-0.15, -0.1) is 0 Å². The average molecular weight is 284 g/mol. The maximum absolute atomic E-state index is 12.7. The van der Waals surface area contributed by atoms with Gasteiger partial charge in [-0.1, -0.05) is 18.2 Å². The molecule has 1 aliphatic rings. The molecular weight excluding hydrogens is 268 g/mol. The maximum atomic E-state index is 12.7. The highest BCUT2D eigenvalue weighted by Crippen LogP contribution is 2.32. The van der Waals surface area contributed by atoms with Gasteiger partial charge in [0.05, 0.1) is 19.8 Å². The van der Waals surface area contributed by atoms with E-state index < -0.39 is 6.10 Å². The third kappa shape index (κ3) is 2.44. The summed E-state index contributed by atoms with van der Waals surface area (Å²) >= 11 is 0. The Hall–Kier alpha value is -2.49. The van der Waals surface area contributed by atoms with E-state index in [4.69, 9.17) is 14.2 Å². The highest BCUT2D eigenvalue weighted by Gasteiger charge is 2.31. The number of rotatable bonds is 4. The van der Waals surface area contributed by atoms with Crippen molar-refractivity contribution in [3.63, 3.8) is 0 Å². The van der Waals surface area contributed by atoms with Crippen molar-refractivity contribution in [2.24, 2.45) is 0 Å². The second-order valence-corrected chi connectivity index (χ2v) is 4.85. The molecule has 0 aromatic heterocycles. The third-order valence-corrected chi connectivity index (χ3v) is 3.61. The van der Waals surface area contributed by atoms with Crippen LogP contribution in [-0.4, -0.2) is 26.1 Å². The lowest BCUT2D eigenvalue weighted by molar-refractivity contribution is 0.0821. The first-order valence-electron chi connectivity index (χ1n) is 6.73. The smallest absolute Gasteiger partial charge is 0.207 e. The van der Waals surface area contributed by atoms with E-state index in [1.807, 2.05) is 24.3 Å². The quantitative estimate of drug-likeness (QED) is 0.810. The molecule has 0 amide bonds. The summed E-state index contributed by atoms with van der Waals surface area (Å²) in [5.41, 5.74) is 1.53. The van der Waals surface area contributed by atoms with Crippen LogP contribution in [-0.2, 0) is 6.42 Å². The van der Waals surface area contributed by atoms with Gasteiger partial charge in [-0.2, -0.15) is 0 Å². The Balaban J connectivity index is 1.90. The summed E-state index contributed by atoms with van der Waals surface area (Å²) in [4.78, 5) is 12.7. The third-order valence-electron chi connectivity index (χ3n) is 3.61. The fourth-order valence-corrected chi connectivity index (χ4v) is 2.51. The molecule has 1 heterocycles. The molecule has 2 aromatic carbocycles. The van der Waals surface area contributed by atoms with E-state index >= 15 is 0 Å². The fourth-order valence-electron chi connectivity index (χ4n) is 2.51. The number of benzene rings is 2. The van der Waals surface area contributed by atoms with Crippen LogP contribution in [0.4, 0.5) is 0 Å². The lowest BCUT2D eigenvalue weighted by Crippen LogP contribution is -2.25. The van der Waals surface area contributed by atoms with Crippen molar-refractivity contribution >= 4 is 5.78 Å². The zero-order valence-electron chi connectivity index (χ0n) is 12.0. The second-order valence-electron chi connectivity index (χ2n) is 4.85. The molecule has 0 saturated heterocycles. The number of para-hydroxylation sites is 1. The molecule has 1 unspecified atom stereocenters. The Bertz CT molecular complexity index is 653. The van der Waals surface area contributed by atoms with E-state index in [0.29, 0.717) is 23.5 Å². The lowest BCUT2D eigenvalue weighted by Gasteiger charge is -2.13. The molecule has 2 aromatic rings. The molecule has 0 saturated carbocycles. The number of carbonyl (C=O) groups excluding carboxylic acids is 1. The Morgan fingerprint density at radius 1 is 1.14 bits per heavy atom. The summed E-state index contributed by atoms with van der Waals surface area (Å²) in [6.07, 6.45) is 0.0680. The number of carbonyl (C=O) groups is 1. The summed E-state index contributed by atoms with van der Waals surface area (Å²) in [5, 5.41) is 0. The zero-order chi connectivity index (χ0) is 14.8. The Morgan fingerprint density at radius 3 is 2.67 bits per heavy atom. The van der Waals surface area contributed by atoms with Crippen LogP contribution < -0.4 is 14.2 Å². The van der Waals surface area contributed by atoms with Crippen LogP contribution in [0, 0.1) is 0 Å². The Labute approximate surface area is 123 Å². The van der Waals surface area contributed by atoms with E-state index in [1.165, 1.54) is 0 Å². The summed E-state index contributed by atoms with van der Waals surface area (Å²) in [6.45, 7) is 0. The van der Waals surface area contributed by atoms with Crippen molar-refractivity contribution in [3.8, 4) is 17.2 Å². The molecule has 0 spiro atoms. The molecule has 1 aliphatic heterocycles. The molecule has 108 valence electrons. The molecule has 21 heavy (non-hydrogen) atoms. The van der Waals surface area contributed by atoms with E-state index in [1.54, 1.807) is 32.4 Å². The van der Waals surface area contributed by atoms with Crippen LogP contribution in [0.15, 0.2) is 42.5 Å². The minimum Gasteiger partial charge on any atom is -0.497 e. The van der Waals surface area contributed by atoms with Gasteiger partial charge in [0.2, 0.25) is 5.78 Å². The molecule has 4 nitrogen and oxygen atoms in total. The average Bonchev–Trinajstić information content (AvgIpc) is 2.97. The molecule has 4 heteroatoms. The van der Waals surface area contributed by atoms with Gasteiger partial charge in [0.25, 0.3) is 0 Å². The molecule has 0 N–H and O–H groups in total. The van der Waals surface area contributed by atoms with Gasteiger partial charge in [-0.05, 0) is 29.8 Å². The normalized spacial score (nSPS) is 16.0. The molecule has 0 aliphatic carbocycles. The van der Waals surface area contributed by atoms with Crippen molar-refractivity contribution in [2.45, 2.75) is 12.5 Å². The van der Waals surface area contributed by atoms with Gasteiger partial charge in [0.15, 0.2) is 6.10 Å². The summed E-state index contributed by atoms with van der Waals surface area (Å²) < 4.78 is 16.2. The van der Waals surface area contributed by atoms with Gasteiger partial charge in [-0.25, -0.2) is 0 Å². The molecule has 0 bridgehead atoms. The first-order valence-corrected chi connectivity index (χ1v) is 6.73.